The van der Waals surface area contributed by atoms with Crippen molar-refractivity contribution in [2.75, 3.05) is 7.11 Å². The van der Waals surface area contributed by atoms with Gasteiger partial charge >= 0.3 is 0 Å². The molecule has 3 rings (SSSR count). The molecular weight excluding hydrogens is 308 g/mol. The minimum atomic E-state index is -0.163. The van der Waals surface area contributed by atoms with E-state index in [1.165, 1.54) is 0 Å². The second-order valence-corrected chi connectivity index (χ2v) is 5.72. The number of hydrogen-bond acceptors (Lipinski definition) is 5. The Bertz CT molecular complexity index is 895. The Morgan fingerprint density at radius 2 is 2.17 bits per heavy atom. The molecule has 2 heterocycles. The Kier molecular flexibility index (Phi) is 4.35. The van der Waals surface area contributed by atoms with Crippen molar-refractivity contribution < 1.29 is 14.1 Å². The van der Waals surface area contributed by atoms with Crippen LogP contribution in [0.3, 0.4) is 0 Å². The maximum Gasteiger partial charge on any atom is 0.268 e. The lowest BCUT2D eigenvalue weighted by Gasteiger charge is -2.06. The molecule has 0 aliphatic carbocycles. The first-order valence-electron chi connectivity index (χ1n) is 7.66. The van der Waals surface area contributed by atoms with Gasteiger partial charge in [0.2, 0.25) is 0 Å². The maximum absolute atomic E-state index is 12.6. The Labute approximate surface area is 139 Å². The van der Waals surface area contributed by atoms with Gasteiger partial charge in [-0.05, 0) is 25.0 Å². The molecule has 126 valence electrons. The van der Waals surface area contributed by atoms with E-state index in [-0.39, 0.29) is 19.1 Å². The fourth-order valence-corrected chi connectivity index (χ4v) is 3.01. The molecule has 2 aromatic heterocycles. The van der Waals surface area contributed by atoms with Crippen LogP contribution in [0, 0.1) is 13.8 Å². The van der Waals surface area contributed by atoms with Gasteiger partial charge in [0.25, 0.3) is 11.8 Å². The number of aromatic nitrogens is 3. The monoisotopic (exact) mass is 328 g/mol. The van der Waals surface area contributed by atoms with E-state index in [0.717, 1.165) is 22.0 Å². The van der Waals surface area contributed by atoms with Crippen LogP contribution in [0.25, 0.3) is 10.9 Å². The molecule has 0 fully saturated rings. The summed E-state index contributed by atoms with van der Waals surface area (Å²) in [7, 11) is 3.46. The third-order valence-corrected chi connectivity index (χ3v) is 4.07. The zero-order valence-corrected chi connectivity index (χ0v) is 14.2. The third kappa shape index (κ3) is 2.78. The number of benzene rings is 1. The lowest BCUT2D eigenvalue weighted by atomic mass is 10.1. The molecule has 0 atom stereocenters. The van der Waals surface area contributed by atoms with Crippen LogP contribution in [0.2, 0.25) is 0 Å². The first kappa shape index (κ1) is 16.2. The number of fused-ring (bicyclic) bond motifs is 1. The molecule has 0 unspecified atom stereocenters. The van der Waals surface area contributed by atoms with Crippen LogP contribution < -0.4 is 5.32 Å². The molecule has 0 spiro atoms. The van der Waals surface area contributed by atoms with E-state index in [2.05, 4.69) is 15.5 Å². The highest BCUT2D eigenvalue weighted by Crippen LogP contribution is 2.27. The minimum absolute atomic E-state index is 0.163. The molecule has 0 aliphatic rings. The average Bonchev–Trinajstić information content (AvgIpc) is 3.10. The zero-order valence-electron chi connectivity index (χ0n) is 14.2. The largest absolute Gasteiger partial charge is 0.375 e. The predicted molar refractivity (Wildman–Crippen MR) is 88.6 cm³/mol. The summed E-state index contributed by atoms with van der Waals surface area (Å²) in [5, 5.41) is 7.75. The molecular formula is C17H20N4O3. The summed E-state index contributed by atoms with van der Waals surface area (Å²) < 4.78 is 11.9. The fourth-order valence-electron chi connectivity index (χ4n) is 3.01. The summed E-state index contributed by atoms with van der Waals surface area (Å²) in [5.74, 6) is 0.643. The number of hydrogen-bond donors (Lipinski definition) is 1. The van der Waals surface area contributed by atoms with E-state index in [1.54, 1.807) is 7.11 Å². The molecule has 0 aliphatic heterocycles. The number of ether oxygens (including phenoxy) is 1. The number of nitrogens with zero attached hydrogens (tertiary/aromatic N) is 3. The zero-order chi connectivity index (χ0) is 17.3. The molecule has 3 aromatic rings. The SMILES string of the molecule is COCc1nc(CNC(=O)c2c(C)c3cccc(C)c3n2C)no1. The normalized spacial score (nSPS) is 11.2. The number of carbonyl (C=O) groups is 1. The van der Waals surface area contributed by atoms with Gasteiger partial charge in [0.1, 0.15) is 12.3 Å². The summed E-state index contributed by atoms with van der Waals surface area (Å²) in [5.41, 5.74) is 3.81. The van der Waals surface area contributed by atoms with Crippen molar-refractivity contribution in [2.24, 2.45) is 7.05 Å². The van der Waals surface area contributed by atoms with Gasteiger partial charge in [-0.15, -0.1) is 0 Å². The Morgan fingerprint density at radius 1 is 1.38 bits per heavy atom. The number of para-hydroxylation sites is 1. The van der Waals surface area contributed by atoms with Crippen LogP contribution in [0.15, 0.2) is 22.7 Å². The standard InChI is InChI=1S/C17H20N4O3/c1-10-6-5-7-12-11(2)16(21(3)15(10)12)17(22)18-8-13-19-14(9-23-4)24-20-13/h5-7H,8-9H2,1-4H3,(H,18,22). The Balaban J connectivity index is 1.82. The number of aryl methyl sites for hydroxylation is 3. The molecule has 0 bridgehead atoms. The van der Waals surface area contributed by atoms with E-state index in [9.17, 15) is 4.79 Å². The second kappa shape index (κ2) is 6.45. The van der Waals surface area contributed by atoms with Gasteiger partial charge in [-0.2, -0.15) is 4.98 Å². The van der Waals surface area contributed by atoms with Gasteiger partial charge in [0.15, 0.2) is 5.82 Å². The van der Waals surface area contributed by atoms with Gasteiger partial charge in [-0.25, -0.2) is 0 Å². The quantitative estimate of drug-likeness (QED) is 0.777. The van der Waals surface area contributed by atoms with Crippen molar-refractivity contribution in [3.63, 3.8) is 0 Å². The molecule has 1 aromatic carbocycles. The Hall–Kier alpha value is -2.67. The minimum Gasteiger partial charge on any atom is -0.375 e. The lowest BCUT2D eigenvalue weighted by Crippen LogP contribution is -2.26. The highest BCUT2D eigenvalue weighted by atomic mass is 16.5. The summed E-state index contributed by atoms with van der Waals surface area (Å²) in [6.07, 6.45) is 0. The van der Waals surface area contributed by atoms with E-state index >= 15 is 0 Å². The highest BCUT2D eigenvalue weighted by Gasteiger charge is 2.19. The first-order valence-corrected chi connectivity index (χ1v) is 7.66. The fraction of sp³-hybridized carbons (Fsp3) is 0.353. The van der Waals surface area contributed by atoms with Gasteiger partial charge < -0.3 is 19.1 Å². The summed E-state index contributed by atoms with van der Waals surface area (Å²) >= 11 is 0. The van der Waals surface area contributed by atoms with Crippen molar-refractivity contribution in [1.82, 2.24) is 20.0 Å². The van der Waals surface area contributed by atoms with Gasteiger partial charge in [-0.3, -0.25) is 4.79 Å². The Morgan fingerprint density at radius 3 is 2.88 bits per heavy atom. The summed E-state index contributed by atoms with van der Waals surface area (Å²) in [4.78, 5) is 16.8. The number of methoxy groups -OCH3 is 1. The van der Waals surface area contributed by atoms with Gasteiger partial charge in [0.05, 0.1) is 12.1 Å². The van der Waals surface area contributed by atoms with Crippen molar-refractivity contribution in [3.8, 4) is 0 Å². The van der Waals surface area contributed by atoms with E-state index in [4.69, 9.17) is 9.26 Å². The predicted octanol–water partition coefficient (Wildman–Crippen LogP) is 2.25. The molecule has 0 radical (unpaired) electrons. The number of nitrogens with one attached hydrogen (secondary N) is 1. The van der Waals surface area contributed by atoms with Crippen molar-refractivity contribution in [3.05, 3.63) is 46.7 Å². The smallest absolute Gasteiger partial charge is 0.268 e. The van der Waals surface area contributed by atoms with Gasteiger partial charge in [-0.1, -0.05) is 23.4 Å². The average molecular weight is 328 g/mol. The van der Waals surface area contributed by atoms with Crippen molar-refractivity contribution >= 4 is 16.8 Å². The highest BCUT2D eigenvalue weighted by molar-refractivity contribution is 6.02. The van der Waals surface area contributed by atoms with Crippen LogP contribution in [-0.2, 0) is 24.9 Å². The number of carbonyl (C=O) groups excluding carboxylic acids is 1. The molecule has 24 heavy (non-hydrogen) atoms. The molecule has 1 N–H and O–H groups in total. The maximum atomic E-state index is 12.6. The molecule has 7 heteroatoms. The van der Waals surface area contributed by atoms with Crippen LogP contribution >= 0.6 is 0 Å². The molecule has 1 amide bonds. The second-order valence-electron chi connectivity index (χ2n) is 5.72. The van der Waals surface area contributed by atoms with Crippen LogP contribution in [0.4, 0.5) is 0 Å². The first-order chi connectivity index (χ1) is 11.5. The third-order valence-electron chi connectivity index (χ3n) is 4.07. The summed E-state index contributed by atoms with van der Waals surface area (Å²) in [6, 6.07) is 6.08. The van der Waals surface area contributed by atoms with Crippen molar-refractivity contribution in [2.45, 2.75) is 27.0 Å². The molecule has 0 saturated carbocycles. The van der Waals surface area contributed by atoms with E-state index in [1.807, 2.05) is 43.7 Å². The van der Waals surface area contributed by atoms with E-state index in [0.29, 0.717) is 17.4 Å². The summed E-state index contributed by atoms with van der Waals surface area (Å²) in [6.45, 7) is 4.45. The molecule has 0 saturated heterocycles. The van der Waals surface area contributed by atoms with Crippen LogP contribution in [0.5, 0.6) is 0 Å². The molecule has 7 nitrogen and oxygen atoms in total. The van der Waals surface area contributed by atoms with Crippen LogP contribution in [0.1, 0.15) is 33.3 Å². The topological polar surface area (TPSA) is 82.2 Å². The lowest BCUT2D eigenvalue weighted by molar-refractivity contribution is 0.0941. The van der Waals surface area contributed by atoms with Crippen molar-refractivity contribution in [1.29, 1.82) is 0 Å². The van der Waals surface area contributed by atoms with E-state index < -0.39 is 0 Å². The number of rotatable bonds is 5. The van der Waals surface area contributed by atoms with Crippen LogP contribution in [-0.4, -0.2) is 27.7 Å². The number of amides is 1. The van der Waals surface area contributed by atoms with Gasteiger partial charge in [0, 0.05) is 19.5 Å².